The molecule has 1 fully saturated rings. The number of hydrogen-bond acceptors (Lipinski definition) is 5. The molecule has 0 spiro atoms. The summed E-state index contributed by atoms with van der Waals surface area (Å²) in [6.45, 7) is 0. The minimum absolute atomic E-state index is 0. The number of carbonyl (C=O) groups is 1. The summed E-state index contributed by atoms with van der Waals surface area (Å²) in [7, 11) is 1.59. The normalized spacial score (nSPS) is 18.3. The molecule has 0 aliphatic carbocycles. The van der Waals surface area contributed by atoms with E-state index in [2.05, 4.69) is 5.32 Å². The van der Waals surface area contributed by atoms with Gasteiger partial charge in [0.1, 0.15) is 5.75 Å². The summed E-state index contributed by atoms with van der Waals surface area (Å²) in [5, 5.41) is 2.89. The first-order valence-corrected chi connectivity index (χ1v) is 7.85. The van der Waals surface area contributed by atoms with Gasteiger partial charge in [0.15, 0.2) is 0 Å². The van der Waals surface area contributed by atoms with Gasteiger partial charge in [0.25, 0.3) is 0 Å². The quantitative estimate of drug-likeness (QED) is 0.838. The Morgan fingerprint density at radius 2 is 2.26 bits per heavy atom. The molecule has 1 saturated heterocycles. The van der Waals surface area contributed by atoms with Crippen LogP contribution in [0.4, 0.5) is 11.4 Å². The molecule has 7 heteroatoms. The molecule has 2 rings (SSSR count). The van der Waals surface area contributed by atoms with Crippen molar-refractivity contribution in [3.05, 3.63) is 18.2 Å². The van der Waals surface area contributed by atoms with Gasteiger partial charge in [0.2, 0.25) is 5.91 Å². The topological polar surface area (TPSA) is 64.3 Å². The Morgan fingerprint density at radius 1 is 1.47 bits per heavy atom. The summed E-state index contributed by atoms with van der Waals surface area (Å²) in [5.41, 5.74) is 7.01. The van der Waals surface area contributed by atoms with Crippen molar-refractivity contribution in [2.75, 3.05) is 35.4 Å². The van der Waals surface area contributed by atoms with Crippen LogP contribution in [0.3, 0.4) is 0 Å². The van der Waals surface area contributed by atoms with Crippen LogP contribution in [-0.4, -0.2) is 35.5 Å². The summed E-state index contributed by atoms with van der Waals surface area (Å²) >= 11 is 3.52. The molecule has 0 saturated carbocycles. The Balaban J connectivity index is 0.00000180. The lowest BCUT2D eigenvalue weighted by molar-refractivity contribution is -0.115. The smallest absolute Gasteiger partial charge is 0.238 e. The number of nitrogen functional groups attached to an aromatic ring is 1. The number of thioether (sulfide) groups is 2. The van der Waals surface area contributed by atoms with Gasteiger partial charge in [-0.05, 0) is 12.1 Å². The molecule has 1 aliphatic heterocycles. The monoisotopic (exact) mass is 320 g/mol. The van der Waals surface area contributed by atoms with Gasteiger partial charge in [-0.3, -0.25) is 4.79 Å². The summed E-state index contributed by atoms with van der Waals surface area (Å²) < 4.78 is 5.12. The van der Waals surface area contributed by atoms with E-state index in [1.807, 2.05) is 11.8 Å². The maximum Gasteiger partial charge on any atom is 0.238 e. The third-order valence-electron chi connectivity index (χ3n) is 2.63. The second-order valence-corrected chi connectivity index (χ2v) is 6.34. The van der Waals surface area contributed by atoms with E-state index in [-0.39, 0.29) is 23.6 Å². The first kappa shape index (κ1) is 16.3. The van der Waals surface area contributed by atoms with Crippen LogP contribution in [0.2, 0.25) is 0 Å². The summed E-state index contributed by atoms with van der Waals surface area (Å²) in [6.07, 6.45) is 0. The maximum absolute atomic E-state index is 12.1. The number of benzene rings is 1. The van der Waals surface area contributed by atoms with Crippen molar-refractivity contribution in [3.8, 4) is 5.75 Å². The predicted octanol–water partition coefficient (Wildman–Crippen LogP) is 2.49. The fraction of sp³-hybridized carbons (Fsp3) is 0.417. The van der Waals surface area contributed by atoms with Crippen LogP contribution in [0.5, 0.6) is 5.75 Å². The van der Waals surface area contributed by atoms with E-state index >= 15 is 0 Å². The van der Waals surface area contributed by atoms with Gasteiger partial charge >= 0.3 is 0 Å². The average Bonchev–Trinajstić information content (AvgIpc) is 2.42. The highest BCUT2D eigenvalue weighted by Gasteiger charge is 2.22. The molecule has 1 heterocycles. The molecule has 1 aromatic rings. The van der Waals surface area contributed by atoms with Crippen molar-refractivity contribution in [2.24, 2.45) is 0 Å². The molecule has 0 bridgehead atoms. The second kappa shape index (κ2) is 7.77. The van der Waals surface area contributed by atoms with Gasteiger partial charge in [0, 0.05) is 23.3 Å². The molecule has 3 N–H and O–H groups in total. The second-order valence-electron chi connectivity index (χ2n) is 3.88. The third kappa shape index (κ3) is 4.40. The number of rotatable bonds is 3. The lowest BCUT2D eigenvalue weighted by Crippen LogP contribution is -2.30. The third-order valence-corrected chi connectivity index (χ3v) is 5.38. The number of amides is 1. The minimum Gasteiger partial charge on any atom is -0.497 e. The molecule has 0 radical (unpaired) electrons. The molecule has 4 nitrogen and oxygen atoms in total. The molecule has 106 valence electrons. The van der Waals surface area contributed by atoms with Crippen LogP contribution < -0.4 is 15.8 Å². The average molecular weight is 321 g/mol. The molecule has 19 heavy (non-hydrogen) atoms. The molecule has 1 aliphatic rings. The highest BCUT2D eigenvalue weighted by atomic mass is 35.5. The van der Waals surface area contributed by atoms with E-state index in [0.29, 0.717) is 17.1 Å². The van der Waals surface area contributed by atoms with Gasteiger partial charge < -0.3 is 15.8 Å². The lowest BCUT2D eigenvalue weighted by Gasteiger charge is -2.20. The van der Waals surface area contributed by atoms with Crippen LogP contribution >= 0.6 is 35.9 Å². The van der Waals surface area contributed by atoms with E-state index in [4.69, 9.17) is 10.5 Å². The van der Waals surface area contributed by atoms with E-state index in [1.54, 1.807) is 37.1 Å². The van der Waals surface area contributed by atoms with Crippen molar-refractivity contribution in [1.82, 2.24) is 0 Å². The predicted molar refractivity (Wildman–Crippen MR) is 86.9 cm³/mol. The Labute approximate surface area is 127 Å². The van der Waals surface area contributed by atoms with Gasteiger partial charge in [0.05, 0.1) is 23.7 Å². The number of anilines is 2. The summed E-state index contributed by atoms with van der Waals surface area (Å²) in [5.74, 6) is 3.71. The Bertz CT molecular complexity index is 440. The maximum atomic E-state index is 12.1. The SMILES string of the molecule is COc1ccc(N)c(NC(=O)C2CSCCS2)c1.Cl. The van der Waals surface area contributed by atoms with Crippen LogP contribution in [0.15, 0.2) is 18.2 Å². The number of methoxy groups -OCH3 is 1. The summed E-state index contributed by atoms with van der Waals surface area (Å²) in [6, 6.07) is 5.25. The number of nitrogens with one attached hydrogen (secondary N) is 1. The van der Waals surface area contributed by atoms with Gasteiger partial charge in [-0.15, -0.1) is 24.2 Å². The summed E-state index contributed by atoms with van der Waals surface area (Å²) in [4.78, 5) is 12.1. The highest BCUT2D eigenvalue weighted by Crippen LogP contribution is 2.28. The van der Waals surface area contributed by atoms with E-state index < -0.39 is 0 Å². The molecule has 0 aromatic heterocycles. The fourth-order valence-electron chi connectivity index (χ4n) is 1.62. The Morgan fingerprint density at radius 3 is 2.89 bits per heavy atom. The highest BCUT2D eigenvalue weighted by molar-refractivity contribution is 8.07. The van der Waals surface area contributed by atoms with Crippen LogP contribution in [0, 0.1) is 0 Å². The van der Waals surface area contributed by atoms with Crippen molar-refractivity contribution in [2.45, 2.75) is 5.25 Å². The minimum atomic E-state index is 0. The van der Waals surface area contributed by atoms with Gasteiger partial charge in [-0.2, -0.15) is 11.8 Å². The fourth-order valence-corrected chi connectivity index (χ4v) is 4.18. The van der Waals surface area contributed by atoms with Crippen LogP contribution in [0.25, 0.3) is 0 Å². The zero-order valence-corrected chi connectivity index (χ0v) is 13.0. The first-order chi connectivity index (χ1) is 8.70. The first-order valence-electron chi connectivity index (χ1n) is 5.64. The van der Waals surface area contributed by atoms with Crippen LogP contribution in [-0.2, 0) is 4.79 Å². The van der Waals surface area contributed by atoms with E-state index in [1.165, 1.54) is 0 Å². The standard InChI is InChI=1S/C12H16N2O2S2.ClH/c1-16-8-2-3-9(13)10(6-8)14-12(15)11-7-17-4-5-18-11;/h2-3,6,11H,4-5,7,13H2,1H3,(H,14,15);1H. The zero-order chi connectivity index (χ0) is 13.0. The molecule has 1 unspecified atom stereocenters. The zero-order valence-electron chi connectivity index (χ0n) is 10.5. The Kier molecular flexibility index (Phi) is 6.68. The van der Waals surface area contributed by atoms with Crippen molar-refractivity contribution in [1.29, 1.82) is 0 Å². The largest absolute Gasteiger partial charge is 0.497 e. The Hall–Kier alpha value is -0.720. The number of halogens is 1. The van der Waals surface area contributed by atoms with Crippen molar-refractivity contribution >= 4 is 53.2 Å². The molecule has 1 atom stereocenters. The van der Waals surface area contributed by atoms with Crippen molar-refractivity contribution < 1.29 is 9.53 Å². The lowest BCUT2D eigenvalue weighted by atomic mass is 10.2. The molecular weight excluding hydrogens is 304 g/mol. The molecule has 1 amide bonds. The molecule has 1 aromatic carbocycles. The number of nitrogens with two attached hydrogens (primary N) is 1. The van der Waals surface area contributed by atoms with Crippen molar-refractivity contribution in [3.63, 3.8) is 0 Å². The molecular formula is C12H17ClN2O2S2. The van der Waals surface area contributed by atoms with Gasteiger partial charge in [-0.25, -0.2) is 0 Å². The number of ether oxygens (including phenoxy) is 1. The van der Waals surface area contributed by atoms with Crippen LogP contribution in [0.1, 0.15) is 0 Å². The van der Waals surface area contributed by atoms with E-state index in [0.717, 1.165) is 17.3 Å². The number of carbonyl (C=O) groups excluding carboxylic acids is 1. The number of hydrogen-bond donors (Lipinski definition) is 2. The van der Waals surface area contributed by atoms with Gasteiger partial charge in [-0.1, -0.05) is 0 Å². The van der Waals surface area contributed by atoms with E-state index in [9.17, 15) is 4.79 Å².